The van der Waals surface area contributed by atoms with E-state index < -0.39 is 9.28 Å². The van der Waals surface area contributed by atoms with Crippen LogP contribution in [0.1, 0.15) is 26.7 Å². The Balaban J connectivity index is 1.93. The fourth-order valence-electron chi connectivity index (χ4n) is 3.76. The van der Waals surface area contributed by atoms with Crippen LogP contribution >= 0.6 is 0 Å². The third kappa shape index (κ3) is 3.50. The van der Waals surface area contributed by atoms with Gasteiger partial charge in [0.15, 0.2) is 0 Å². The van der Waals surface area contributed by atoms with Gasteiger partial charge < -0.3 is 8.85 Å². The maximum Gasteiger partial charge on any atom is 0.355 e. The molecule has 0 amide bonds. The standard InChI is InChI=1S/C24H26O2Si/c1-3-15-25-27(26-16-4-2)18-13-14-23-21-11-6-5-9-19(21)20-10-7-8-12-22(20)24(23)17-18/h5-14,17,27H,3-4,15-16H2,1-2H3. The fourth-order valence-corrected chi connectivity index (χ4v) is 5.70. The third-order valence-corrected chi connectivity index (χ3v) is 6.97. The predicted molar refractivity (Wildman–Crippen MR) is 118 cm³/mol. The Morgan fingerprint density at radius 3 is 1.52 bits per heavy atom. The molecule has 0 radical (unpaired) electrons. The van der Waals surface area contributed by atoms with Gasteiger partial charge in [-0.1, -0.05) is 80.6 Å². The molecule has 0 atom stereocenters. The van der Waals surface area contributed by atoms with E-state index in [4.69, 9.17) is 8.85 Å². The first-order valence-corrected chi connectivity index (χ1v) is 11.4. The molecule has 0 saturated carbocycles. The monoisotopic (exact) mass is 374 g/mol. The Hall–Kier alpha value is -2.20. The number of hydrogen-bond donors (Lipinski definition) is 0. The minimum Gasteiger partial charge on any atom is -0.393 e. The lowest BCUT2D eigenvalue weighted by Crippen LogP contribution is -2.37. The molecule has 2 nitrogen and oxygen atoms in total. The highest BCUT2D eigenvalue weighted by Gasteiger charge is 2.18. The molecular formula is C24H26O2Si. The molecule has 27 heavy (non-hydrogen) atoms. The van der Waals surface area contributed by atoms with Crippen molar-refractivity contribution in [1.82, 2.24) is 0 Å². The van der Waals surface area contributed by atoms with Crippen molar-refractivity contribution in [2.24, 2.45) is 0 Å². The van der Waals surface area contributed by atoms with Crippen molar-refractivity contribution in [3.8, 4) is 0 Å². The van der Waals surface area contributed by atoms with Gasteiger partial charge in [0, 0.05) is 13.2 Å². The average Bonchev–Trinajstić information content (AvgIpc) is 2.74. The lowest BCUT2D eigenvalue weighted by molar-refractivity contribution is 0.207. The highest BCUT2D eigenvalue weighted by Crippen LogP contribution is 2.34. The van der Waals surface area contributed by atoms with Crippen LogP contribution in [0, 0.1) is 0 Å². The predicted octanol–water partition coefficient (Wildman–Crippen LogP) is 5.43. The van der Waals surface area contributed by atoms with E-state index in [9.17, 15) is 0 Å². The van der Waals surface area contributed by atoms with Crippen molar-refractivity contribution in [3.05, 3.63) is 66.7 Å². The number of fused-ring (bicyclic) bond motifs is 6. The summed E-state index contributed by atoms with van der Waals surface area (Å²) in [6, 6.07) is 24.2. The number of hydrogen-bond acceptors (Lipinski definition) is 2. The van der Waals surface area contributed by atoms with E-state index in [-0.39, 0.29) is 0 Å². The lowest BCUT2D eigenvalue weighted by atomic mass is 9.94. The maximum atomic E-state index is 6.14. The molecule has 0 aliphatic rings. The molecule has 0 aliphatic heterocycles. The molecule has 0 spiro atoms. The van der Waals surface area contributed by atoms with Crippen molar-refractivity contribution in [2.75, 3.05) is 13.2 Å². The van der Waals surface area contributed by atoms with Gasteiger partial charge in [-0.25, -0.2) is 0 Å². The zero-order valence-corrected chi connectivity index (χ0v) is 17.2. The smallest absolute Gasteiger partial charge is 0.355 e. The lowest BCUT2D eigenvalue weighted by Gasteiger charge is -2.18. The van der Waals surface area contributed by atoms with E-state index in [0.29, 0.717) is 0 Å². The van der Waals surface area contributed by atoms with Crippen LogP contribution in [0.5, 0.6) is 0 Å². The summed E-state index contributed by atoms with van der Waals surface area (Å²) in [6.45, 7) is 5.81. The largest absolute Gasteiger partial charge is 0.393 e. The molecule has 4 aromatic carbocycles. The molecule has 0 bridgehead atoms. The van der Waals surface area contributed by atoms with Gasteiger partial charge in [0.25, 0.3) is 0 Å². The van der Waals surface area contributed by atoms with Crippen LogP contribution in [0.2, 0.25) is 0 Å². The molecule has 0 heterocycles. The van der Waals surface area contributed by atoms with Crippen LogP contribution in [0.4, 0.5) is 0 Å². The van der Waals surface area contributed by atoms with Gasteiger partial charge in [0.1, 0.15) is 0 Å². The molecule has 0 fully saturated rings. The molecule has 138 valence electrons. The van der Waals surface area contributed by atoms with Crippen LogP contribution in [-0.4, -0.2) is 22.5 Å². The third-order valence-electron chi connectivity index (χ3n) is 4.99. The van der Waals surface area contributed by atoms with Gasteiger partial charge in [-0.3, -0.25) is 0 Å². The first-order valence-electron chi connectivity index (χ1n) is 9.89. The molecule has 4 aromatic rings. The van der Waals surface area contributed by atoms with Gasteiger partial charge >= 0.3 is 9.28 Å². The Kier molecular flexibility index (Phi) is 5.53. The molecule has 0 saturated heterocycles. The zero-order valence-electron chi connectivity index (χ0n) is 16.1. The minimum absolute atomic E-state index is 0.761. The van der Waals surface area contributed by atoms with E-state index in [1.807, 2.05) is 0 Å². The van der Waals surface area contributed by atoms with Crippen molar-refractivity contribution in [3.63, 3.8) is 0 Å². The van der Waals surface area contributed by atoms with E-state index in [1.165, 1.54) is 37.5 Å². The topological polar surface area (TPSA) is 18.5 Å². The summed E-state index contributed by atoms with van der Waals surface area (Å²) in [5.41, 5.74) is 0. The Morgan fingerprint density at radius 2 is 1.04 bits per heavy atom. The SMILES string of the molecule is CCCO[SiH](OCCC)c1ccc2c3ccccc3c3ccccc3c2c1. The number of benzene rings is 4. The van der Waals surface area contributed by atoms with Crippen LogP contribution in [0.3, 0.4) is 0 Å². The second kappa shape index (κ2) is 8.22. The van der Waals surface area contributed by atoms with Crippen LogP contribution in [0.25, 0.3) is 32.3 Å². The van der Waals surface area contributed by atoms with E-state index in [2.05, 4.69) is 80.6 Å². The first kappa shape index (κ1) is 18.2. The molecule has 3 heteroatoms. The van der Waals surface area contributed by atoms with Gasteiger partial charge in [-0.05, 0) is 50.3 Å². The molecule has 0 aromatic heterocycles. The van der Waals surface area contributed by atoms with E-state index >= 15 is 0 Å². The highest BCUT2D eigenvalue weighted by atomic mass is 28.3. The normalized spacial score (nSPS) is 11.8. The van der Waals surface area contributed by atoms with E-state index in [0.717, 1.165) is 26.1 Å². The van der Waals surface area contributed by atoms with Gasteiger partial charge in [-0.2, -0.15) is 0 Å². The van der Waals surface area contributed by atoms with Crippen molar-refractivity contribution in [2.45, 2.75) is 26.7 Å². The molecule has 0 unspecified atom stereocenters. The highest BCUT2D eigenvalue weighted by molar-refractivity contribution is 6.61. The molecule has 0 aliphatic carbocycles. The van der Waals surface area contributed by atoms with Crippen molar-refractivity contribution < 1.29 is 8.85 Å². The Labute approximate surface area is 162 Å². The van der Waals surface area contributed by atoms with Gasteiger partial charge in [0.2, 0.25) is 0 Å². The summed E-state index contributed by atoms with van der Waals surface area (Å²) < 4.78 is 12.3. The Morgan fingerprint density at radius 1 is 0.593 bits per heavy atom. The van der Waals surface area contributed by atoms with Gasteiger partial charge in [-0.15, -0.1) is 0 Å². The van der Waals surface area contributed by atoms with E-state index in [1.54, 1.807) is 0 Å². The summed E-state index contributed by atoms with van der Waals surface area (Å²) in [6.07, 6.45) is 2.03. The maximum absolute atomic E-state index is 6.14. The first-order chi connectivity index (χ1) is 13.3. The quantitative estimate of drug-likeness (QED) is 0.317. The second-order valence-electron chi connectivity index (χ2n) is 6.97. The average molecular weight is 375 g/mol. The minimum atomic E-state index is -1.88. The summed E-state index contributed by atoms with van der Waals surface area (Å²) in [5, 5.41) is 9.04. The van der Waals surface area contributed by atoms with Crippen molar-refractivity contribution in [1.29, 1.82) is 0 Å². The summed E-state index contributed by atoms with van der Waals surface area (Å²) in [7, 11) is -1.88. The second-order valence-corrected chi connectivity index (χ2v) is 8.97. The molecule has 4 rings (SSSR count). The number of rotatable bonds is 7. The van der Waals surface area contributed by atoms with Gasteiger partial charge in [0.05, 0.1) is 0 Å². The van der Waals surface area contributed by atoms with Crippen molar-refractivity contribution >= 4 is 46.8 Å². The summed E-state index contributed by atoms with van der Waals surface area (Å²) in [5.74, 6) is 0. The summed E-state index contributed by atoms with van der Waals surface area (Å²) in [4.78, 5) is 0. The van der Waals surface area contributed by atoms with Crippen LogP contribution < -0.4 is 5.19 Å². The fraction of sp³-hybridized carbons (Fsp3) is 0.250. The molecular weight excluding hydrogens is 348 g/mol. The van der Waals surface area contributed by atoms with Crippen LogP contribution in [0.15, 0.2) is 66.7 Å². The zero-order chi connectivity index (χ0) is 18.6. The van der Waals surface area contributed by atoms with Crippen LogP contribution in [-0.2, 0) is 8.85 Å². The molecule has 0 N–H and O–H groups in total. The Bertz CT molecular complexity index is 1030. The summed E-state index contributed by atoms with van der Waals surface area (Å²) >= 11 is 0.